The molecule has 0 heterocycles. The summed E-state index contributed by atoms with van der Waals surface area (Å²) in [6.07, 6.45) is 4.61. The zero-order valence-corrected chi connectivity index (χ0v) is 5.39. The van der Waals surface area contributed by atoms with E-state index in [1.807, 2.05) is 0 Å². The highest BCUT2D eigenvalue weighted by Crippen LogP contribution is 1.97. The maximum absolute atomic E-state index is 7.87. The largest absolute Gasteiger partial charge is 0.264 e. The summed E-state index contributed by atoms with van der Waals surface area (Å²) < 4.78 is 0. The highest BCUT2D eigenvalue weighted by Gasteiger charge is 1.84. The van der Waals surface area contributed by atoms with E-state index in [9.17, 15) is 0 Å². The average molecular weight is 115 g/mol. The molecule has 2 nitrogen and oxygen atoms in total. The van der Waals surface area contributed by atoms with Crippen molar-refractivity contribution in [3.8, 4) is 0 Å². The molecule has 0 aromatic heterocycles. The average Bonchev–Trinajstić information content (AvgIpc) is 1.81. The van der Waals surface area contributed by atoms with Crippen LogP contribution >= 0.6 is 0 Å². The molecule has 0 amide bonds. The first-order chi connectivity index (χ1) is 3.91. The van der Waals surface area contributed by atoms with Gasteiger partial charge in [0.25, 0.3) is 0 Å². The summed E-state index contributed by atoms with van der Waals surface area (Å²) in [4.78, 5) is 3.89. The van der Waals surface area contributed by atoms with Crippen LogP contribution in [0.5, 0.6) is 0 Å². The van der Waals surface area contributed by atoms with Crippen molar-refractivity contribution < 1.29 is 4.84 Å². The molecule has 48 valence electrons. The summed E-state index contributed by atoms with van der Waals surface area (Å²) in [5.74, 6) is 7.87. The zero-order valence-electron chi connectivity index (χ0n) is 5.39. The van der Waals surface area contributed by atoms with E-state index in [2.05, 4.69) is 11.8 Å². The van der Waals surface area contributed by atoms with Crippen LogP contribution in [0.3, 0.4) is 0 Å². The first-order valence-electron chi connectivity index (χ1n) is 3.18. The molecule has 0 bridgehead atoms. The summed E-state index contributed by atoms with van der Waals surface area (Å²) >= 11 is 0. The van der Waals surface area contributed by atoms with Crippen LogP contribution in [-0.2, 0) is 4.84 Å². The summed E-state index contributed by atoms with van der Waals surface area (Å²) in [6.45, 7) is 2.64. The van der Waals surface area contributed by atoms with Crippen molar-refractivity contribution in [2.45, 2.75) is 32.6 Å². The van der Waals surface area contributed by atoms with Gasteiger partial charge in [0.1, 0.15) is 0 Å². The van der Waals surface area contributed by atoms with E-state index >= 15 is 0 Å². The van der Waals surface area contributed by atoms with E-state index in [1.54, 1.807) is 0 Å². The van der Waals surface area contributed by atoms with Gasteiger partial charge in [-0.3, -0.25) is 4.84 Å². The van der Waals surface area contributed by atoms with E-state index < -0.39 is 0 Å². The van der Waals surface area contributed by atoms with E-state index in [4.69, 9.17) is 5.90 Å². The van der Waals surface area contributed by atoms with Crippen LogP contribution in [0.4, 0.5) is 0 Å². The van der Waals surface area contributed by atoms with Crippen LogP contribution in [0.1, 0.15) is 32.6 Å². The van der Waals surface area contributed by atoms with Crippen LogP contribution < -0.4 is 5.90 Å². The maximum Gasteiger partial charge on any atom is 0.0720 e. The monoisotopic (exact) mass is 115 g/mol. The molecule has 0 saturated heterocycles. The fourth-order valence-electron chi connectivity index (χ4n) is 0.593. The Labute approximate surface area is 51.0 Å². The Balaban J connectivity index is 2.53. The molecule has 0 atom stereocenters. The Morgan fingerprint density at radius 2 is 2.00 bits per heavy atom. The Kier molecular flexibility index (Phi) is 6.85. The third-order valence-electron chi connectivity index (χ3n) is 1.09. The van der Waals surface area contributed by atoms with Crippen molar-refractivity contribution in [2.75, 3.05) is 6.61 Å². The van der Waals surface area contributed by atoms with Crippen LogP contribution in [0.2, 0.25) is 0 Å². The molecule has 0 spiro atoms. The smallest absolute Gasteiger partial charge is 0.0720 e. The van der Waals surface area contributed by atoms with Crippen molar-refractivity contribution >= 4 is 0 Å². The molecule has 0 aliphatic rings. The van der Waals surface area contributed by atoms with Gasteiger partial charge in [0.15, 0.2) is 0 Å². The van der Waals surface area contributed by atoms with Gasteiger partial charge in [-0.05, 0) is 6.42 Å². The minimum Gasteiger partial charge on any atom is -0.264 e. The second-order valence-corrected chi connectivity index (χ2v) is 1.89. The van der Waals surface area contributed by atoms with Crippen LogP contribution in [0.25, 0.3) is 0 Å². The topological polar surface area (TPSA) is 31.5 Å². The van der Waals surface area contributed by atoms with E-state index in [-0.39, 0.29) is 0 Å². The van der Waals surface area contributed by atoms with Gasteiger partial charge in [-0.15, -0.1) is 0 Å². The zero-order chi connectivity index (χ0) is 6.24. The van der Waals surface area contributed by atoms with E-state index in [0.29, 0.717) is 6.61 Å². The highest BCUT2D eigenvalue weighted by molar-refractivity contribution is 4.36. The lowest BCUT2D eigenvalue weighted by molar-refractivity contribution is 0.114. The fraction of sp³-hybridized carbons (Fsp3) is 1.00. The van der Waals surface area contributed by atoms with Crippen molar-refractivity contribution in [1.29, 1.82) is 0 Å². The standard InChI is InChI=1S/C6H13NO/c1-2-3-4-5-6-8-7/h2-6H2,1H3. The molecule has 0 saturated carbocycles. The Morgan fingerprint density at radius 3 is 2.50 bits per heavy atom. The van der Waals surface area contributed by atoms with Crippen LogP contribution in [0.15, 0.2) is 0 Å². The molecule has 0 N–H and O–H groups in total. The molecule has 0 aliphatic carbocycles. The summed E-state index contributed by atoms with van der Waals surface area (Å²) in [7, 11) is 0. The van der Waals surface area contributed by atoms with Crippen molar-refractivity contribution in [3.05, 3.63) is 0 Å². The van der Waals surface area contributed by atoms with E-state index in [1.165, 1.54) is 12.8 Å². The number of hydrogen-bond acceptors (Lipinski definition) is 1. The maximum atomic E-state index is 7.87. The molecule has 0 aromatic rings. The molecule has 0 unspecified atom stereocenters. The lowest BCUT2D eigenvalue weighted by Crippen LogP contribution is -1.89. The number of rotatable bonds is 5. The molecule has 0 aliphatic heterocycles. The van der Waals surface area contributed by atoms with Gasteiger partial charge in [-0.1, -0.05) is 26.2 Å². The Bertz CT molecular complexity index is 33.5. The third-order valence-corrected chi connectivity index (χ3v) is 1.09. The predicted molar refractivity (Wildman–Crippen MR) is 32.2 cm³/mol. The molecule has 0 aromatic carbocycles. The number of hydrogen-bond donors (Lipinski definition) is 0. The normalized spacial score (nSPS) is 9.75. The van der Waals surface area contributed by atoms with Crippen molar-refractivity contribution in [2.24, 2.45) is 0 Å². The lowest BCUT2D eigenvalue weighted by atomic mass is 10.2. The van der Waals surface area contributed by atoms with Crippen LogP contribution in [-0.4, -0.2) is 6.61 Å². The molecule has 2 heteroatoms. The summed E-state index contributed by atoms with van der Waals surface area (Å²) in [5, 5.41) is 0. The molecular weight excluding hydrogens is 102 g/mol. The predicted octanol–water partition coefficient (Wildman–Crippen LogP) is 1.57. The van der Waals surface area contributed by atoms with E-state index in [0.717, 1.165) is 12.8 Å². The fourth-order valence-corrected chi connectivity index (χ4v) is 0.593. The van der Waals surface area contributed by atoms with Crippen molar-refractivity contribution in [1.82, 2.24) is 5.90 Å². The third kappa shape index (κ3) is 5.92. The minimum atomic E-state index is 0.486. The second kappa shape index (κ2) is 6.92. The molecule has 8 heavy (non-hydrogen) atoms. The molecule has 2 radical (unpaired) electrons. The molecule has 0 rings (SSSR count). The van der Waals surface area contributed by atoms with Gasteiger partial charge in [-0.2, -0.15) is 0 Å². The molecular formula is C6H13NO. The van der Waals surface area contributed by atoms with Crippen LogP contribution in [0, 0.1) is 0 Å². The highest BCUT2D eigenvalue weighted by atomic mass is 16.6. The van der Waals surface area contributed by atoms with Gasteiger partial charge in [0, 0.05) is 5.90 Å². The SMILES string of the molecule is CCCCCCO[N]. The van der Waals surface area contributed by atoms with Gasteiger partial charge in [0.05, 0.1) is 6.61 Å². The number of nitrogens with zero attached hydrogens (tertiary/aromatic N) is 1. The summed E-state index contributed by atoms with van der Waals surface area (Å²) in [6, 6.07) is 0. The Morgan fingerprint density at radius 1 is 1.25 bits per heavy atom. The quantitative estimate of drug-likeness (QED) is 0.395. The second-order valence-electron chi connectivity index (χ2n) is 1.89. The van der Waals surface area contributed by atoms with Crippen molar-refractivity contribution in [3.63, 3.8) is 0 Å². The van der Waals surface area contributed by atoms with Gasteiger partial charge < -0.3 is 0 Å². The van der Waals surface area contributed by atoms with Gasteiger partial charge >= 0.3 is 0 Å². The lowest BCUT2D eigenvalue weighted by Gasteiger charge is -1.93. The molecule has 0 fully saturated rings. The number of unbranched alkanes of at least 4 members (excludes halogenated alkanes) is 3. The first-order valence-corrected chi connectivity index (χ1v) is 3.18. The summed E-state index contributed by atoms with van der Waals surface area (Å²) in [5.41, 5.74) is 0. The van der Waals surface area contributed by atoms with Gasteiger partial charge in [-0.25, -0.2) is 0 Å². The first kappa shape index (κ1) is 7.92. The minimum absolute atomic E-state index is 0.486. The Hall–Kier alpha value is -0.0800. The van der Waals surface area contributed by atoms with Gasteiger partial charge in [0.2, 0.25) is 0 Å².